The second kappa shape index (κ2) is 5.46. The Morgan fingerprint density at radius 2 is 2.17 bits per heavy atom. The van der Waals surface area contributed by atoms with Crippen LogP contribution in [0.5, 0.6) is 0 Å². The van der Waals surface area contributed by atoms with Crippen LogP contribution in [0.1, 0.15) is 16.3 Å². The molecule has 0 spiro atoms. The molecule has 0 fully saturated rings. The minimum Gasteiger partial charge on any atom is -0.288 e. The molecule has 0 atom stereocenters. The highest BCUT2D eigenvalue weighted by atomic mass is 32.1. The summed E-state index contributed by atoms with van der Waals surface area (Å²) in [4.78, 5) is 19.2. The van der Waals surface area contributed by atoms with Crippen LogP contribution in [0.2, 0.25) is 0 Å². The van der Waals surface area contributed by atoms with Gasteiger partial charge in [-0.3, -0.25) is 19.9 Å². The van der Waals surface area contributed by atoms with Crippen LogP contribution in [0.15, 0.2) is 17.8 Å². The molecule has 3 heterocycles. The third-order valence-electron chi connectivity index (χ3n) is 2.67. The molecule has 0 bridgehead atoms. The molecule has 0 aliphatic heterocycles. The highest BCUT2D eigenvalue weighted by Gasteiger charge is 2.35. The summed E-state index contributed by atoms with van der Waals surface area (Å²) in [5.74, 6) is -2.47. The molecule has 3 rings (SSSR count). The average molecular weight is 343 g/mol. The van der Waals surface area contributed by atoms with Crippen LogP contribution in [-0.2, 0) is 13.2 Å². The van der Waals surface area contributed by atoms with Gasteiger partial charge in [0.25, 0.3) is 5.91 Å². The van der Waals surface area contributed by atoms with E-state index in [0.29, 0.717) is 5.01 Å². The summed E-state index contributed by atoms with van der Waals surface area (Å²) in [6, 6.07) is 0. The largest absolute Gasteiger partial charge is 0.451 e. The molecule has 2 N–H and O–H groups in total. The fraction of sp³-hybridized carbons (Fsp3) is 0.182. The van der Waals surface area contributed by atoms with Crippen molar-refractivity contribution in [3.63, 3.8) is 0 Å². The van der Waals surface area contributed by atoms with Gasteiger partial charge in [-0.05, 0) is 0 Å². The fourth-order valence-corrected chi connectivity index (χ4v) is 2.43. The summed E-state index contributed by atoms with van der Waals surface area (Å²) in [6.07, 6.45) is -1.35. The summed E-state index contributed by atoms with van der Waals surface area (Å²) in [7, 11) is 1.74. The van der Waals surface area contributed by atoms with E-state index in [-0.39, 0.29) is 5.69 Å². The number of aryl methyl sites for hydroxylation is 1. The van der Waals surface area contributed by atoms with Crippen molar-refractivity contribution in [3.05, 3.63) is 29.3 Å². The van der Waals surface area contributed by atoms with E-state index in [0.717, 1.165) is 5.56 Å². The molecule has 0 saturated carbocycles. The zero-order valence-corrected chi connectivity index (χ0v) is 12.2. The van der Waals surface area contributed by atoms with Crippen LogP contribution in [0.25, 0.3) is 10.6 Å². The first-order chi connectivity index (χ1) is 10.8. The minimum absolute atomic E-state index is 0.0483. The van der Waals surface area contributed by atoms with Gasteiger partial charge in [-0.15, -0.1) is 16.4 Å². The topological polar surface area (TPSA) is 101 Å². The molecule has 0 aliphatic carbocycles. The lowest BCUT2D eigenvalue weighted by atomic mass is 10.4. The second-order valence-corrected chi connectivity index (χ2v) is 5.26. The van der Waals surface area contributed by atoms with Crippen molar-refractivity contribution in [2.24, 2.45) is 7.05 Å². The van der Waals surface area contributed by atoms with Crippen LogP contribution in [0.3, 0.4) is 0 Å². The first-order valence-corrected chi connectivity index (χ1v) is 6.96. The Bertz CT molecular complexity index is 850. The number of alkyl halides is 3. The standard InChI is InChI=1S/C11H8F3N7OS/c1-21-3-5(2-15-21)8-16-6(4-23-8)7(22)17-10-18-9(19-20-10)11(12,13)14/h2-4H,1H3,(H2,17,18,19,20,22). The number of H-pyrrole nitrogens is 1. The van der Waals surface area contributed by atoms with Crippen molar-refractivity contribution in [2.45, 2.75) is 6.18 Å². The van der Waals surface area contributed by atoms with Crippen molar-refractivity contribution >= 4 is 23.2 Å². The number of carbonyl (C=O) groups excluding carboxylic acids is 1. The van der Waals surface area contributed by atoms with E-state index >= 15 is 0 Å². The molecule has 0 radical (unpaired) electrons. The van der Waals surface area contributed by atoms with Crippen LogP contribution in [0.4, 0.5) is 19.1 Å². The fourth-order valence-electron chi connectivity index (χ4n) is 1.65. The first kappa shape index (κ1) is 15.1. The lowest BCUT2D eigenvalue weighted by Gasteiger charge is -1.99. The van der Waals surface area contributed by atoms with Crippen molar-refractivity contribution in [1.29, 1.82) is 0 Å². The van der Waals surface area contributed by atoms with Gasteiger partial charge in [0.15, 0.2) is 0 Å². The minimum atomic E-state index is -4.66. The Morgan fingerprint density at radius 1 is 1.39 bits per heavy atom. The van der Waals surface area contributed by atoms with Gasteiger partial charge in [0.1, 0.15) is 10.7 Å². The van der Waals surface area contributed by atoms with Crippen LogP contribution in [-0.4, -0.2) is 35.9 Å². The third-order valence-corrected chi connectivity index (χ3v) is 3.56. The molecule has 120 valence electrons. The van der Waals surface area contributed by atoms with Gasteiger partial charge in [-0.25, -0.2) is 4.98 Å². The number of rotatable bonds is 3. The van der Waals surface area contributed by atoms with Gasteiger partial charge in [0.2, 0.25) is 11.8 Å². The SMILES string of the molecule is Cn1cc(-c2nc(C(=O)Nc3n[nH]c(C(F)(F)F)n3)cs2)cn1. The molecular weight excluding hydrogens is 335 g/mol. The maximum atomic E-state index is 12.4. The van der Waals surface area contributed by atoms with E-state index in [4.69, 9.17) is 0 Å². The summed E-state index contributed by atoms with van der Waals surface area (Å²) < 4.78 is 38.8. The molecule has 3 aromatic heterocycles. The number of anilines is 1. The number of aromatic amines is 1. The highest BCUT2D eigenvalue weighted by Crippen LogP contribution is 2.26. The molecule has 3 aromatic rings. The number of thiazole rings is 1. The highest BCUT2D eigenvalue weighted by molar-refractivity contribution is 7.13. The number of nitrogens with one attached hydrogen (secondary N) is 2. The number of amides is 1. The lowest BCUT2D eigenvalue weighted by Crippen LogP contribution is -2.14. The smallest absolute Gasteiger partial charge is 0.288 e. The van der Waals surface area contributed by atoms with Crippen molar-refractivity contribution in [2.75, 3.05) is 5.32 Å². The number of hydrogen-bond acceptors (Lipinski definition) is 6. The maximum absolute atomic E-state index is 12.4. The molecule has 12 heteroatoms. The summed E-state index contributed by atoms with van der Waals surface area (Å²) in [5, 5.41) is 13.2. The zero-order valence-electron chi connectivity index (χ0n) is 11.4. The van der Waals surface area contributed by atoms with Gasteiger partial charge < -0.3 is 0 Å². The van der Waals surface area contributed by atoms with Gasteiger partial charge in [-0.2, -0.15) is 23.3 Å². The maximum Gasteiger partial charge on any atom is 0.451 e. The Balaban J connectivity index is 1.74. The third kappa shape index (κ3) is 3.21. The molecule has 23 heavy (non-hydrogen) atoms. The second-order valence-electron chi connectivity index (χ2n) is 4.40. The quantitative estimate of drug-likeness (QED) is 0.757. The molecular formula is C11H8F3N7OS. The van der Waals surface area contributed by atoms with Crippen LogP contribution in [0, 0.1) is 0 Å². The monoisotopic (exact) mass is 343 g/mol. The number of aromatic nitrogens is 6. The molecule has 8 nitrogen and oxygen atoms in total. The predicted octanol–water partition coefficient (Wildman–Crippen LogP) is 1.93. The predicted molar refractivity (Wildman–Crippen MR) is 73.7 cm³/mol. The molecule has 0 aromatic carbocycles. The molecule has 0 aliphatic rings. The Kier molecular flexibility index (Phi) is 3.60. The van der Waals surface area contributed by atoms with Gasteiger partial charge in [0, 0.05) is 24.2 Å². The van der Waals surface area contributed by atoms with E-state index in [1.807, 2.05) is 0 Å². The first-order valence-electron chi connectivity index (χ1n) is 6.08. The Morgan fingerprint density at radius 3 is 2.78 bits per heavy atom. The van der Waals surface area contributed by atoms with Gasteiger partial charge >= 0.3 is 6.18 Å². The normalized spacial score (nSPS) is 11.7. The zero-order chi connectivity index (χ0) is 16.6. The Labute approximate surface area is 130 Å². The van der Waals surface area contributed by atoms with E-state index in [2.05, 4.69) is 25.5 Å². The lowest BCUT2D eigenvalue weighted by molar-refractivity contribution is -0.144. The average Bonchev–Trinajstić information content (AvgIpc) is 3.15. The van der Waals surface area contributed by atoms with E-state index < -0.39 is 23.9 Å². The Hall–Kier alpha value is -2.76. The molecule has 0 unspecified atom stereocenters. The summed E-state index contributed by atoms with van der Waals surface area (Å²) in [6.45, 7) is 0. The van der Waals surface area contributed by atoms with Crippen LogP contribution >= 0.6 is 11.3 Å². The number of nitrogens with zero attached hydrogens (tertiary/aromatic N) is 5. The molecule has 0 saturated heterocycles. The number of hydrogen-bond donors (Lipinski definition) is 2. The van der Waals surface area contributed by atoms with Crippen LogP contribution < -0.4 is 5.32 Å². The van der Waals surface area contributed by atoms with E-state index in [1.165, 1.54) is 16.7 Å². The number of carbonyl (C=O) groups is 1. The number of halogens is 3. The van der Waals surface area contributed by atoms with E-state index in [9.17, 15) is 18.0 Å². The van der Waals surface area contributed by atoms with E-state index in [1.54, 1.807) is 29.2 Å². The van der Waals surface area contributed by atoms with Gasteiger partial charge in [0.05, 0.1) is 6.20 Å². The summed E-state index contributed by atoms with van der Waals surface area (Å²) >= 11 is 1.21. The van der Waals surface area contributed by atoms with Crippen molar-refractivity contribution < 1.29 is 18.0 Å². The van der Waals surface area contributed by atoms with Crippen molar-refractivity contribution in [3.8, 4) is 10.6 Å². The van der Waals surface area contributed by atoms with Gasteiger partial charge in [-0.1, -0.05) is 0 Å². The van der Waals surface area contributed by atoms with Crippen molar-refractivity contribution in [1.82, 2.24) is 29.9 Å². The summed E-state index contributed by atoms with van der Waals surface area (Å²) in [5.41, 5.74) is 0.779. The molecule has 1 amide bonds.